The highest BCUT2D eigenvalue weighted by Gasteiger charge is 2.02. The Labute approximate surface area is 108 Å². The summed E-state index contributed by atoms with van der Waals surface area (Å²) in [6.07, 6.45) is 1.98. The van der Waals surface area contributed by atoms with E-state index < -0.39 is 5.97 Å². The number of anilines is 1. The summed E-state index contributed by atoms with van der Waals surface area (Å²) in [7, 11) is 0. The maximum absolute atomic E-state index is 10.4. The Balaban J connectivity index is 2.41. The second kappa shape index (κ2) is 7.58. The van der Waals surface area contributed by atoms with Crippen LogP contribution in [0.15, 0.2) is 24.3 Å². The topological polar surface area (TPSA) is 58.6 Å². The van der Waals surface area contributed by atoms with Gasteiger partial charge in [-0.15, -0.1) is 0 Å². The van der Waals surface area contributed by atoms with E-state index in [1.165, 1.54) is 0 Å². The van der Waals surface area contributed by atoms with Crippen LogP contribution in [0.3, 0.4) is 0 Å². The zero-order valence-corrected chi connectivity index (χ0v) is 11.0. The quantitative estimate of drug-likeness (QED) is 0.697. The number of hydrogen-bond acceptors (Lipinski definition) is 3. The van der Waals surface area contributed by atoms with Crippen LogP contribution in [0.1, 0.15) is 33.1 Å². The molecule has 2 N–H and O–H groups in total. The minimum absolute atomic E-state index is 0.191. The summed E-state index contributed by atoms with van der Waals surface area (Å²) >= 11 is 0. The van der Waals surface area contributed by atoms with Gasteiger partial charge in [0, 0.05) is 24.7 Å². The number of benzene rings is 1. The van der Waals surface area contributed by atoms with Crippen LogP contribution < -0.4 is 10.1 Å². The number of carboxylic acids is 1. The van der Waals surface area contributed by atoms with E-state index >= 15 is 0 Å². The highest BCUT2D eigenvalue weighted by atomic mass is 16.5. The van der Waals surface area contributed by atoms with Gasteiger partial charge in [0.1, 0.15) is 5.75 Å². The second-order valence-electron chi connectivity index (χ2n) is 4.29. The average molecular weight is 251 g/mol. The number of hydrogen-bond donors (Lipinski definition) is 2. The molecule has 1 rings (SSSR count). The zero-order valence-electron chi connectivity index (χ0n) is 11.0. The minimum Gasteiger partial charge on any atom is -0.491 e. The summed E-state index contributed by atoms with van der Waals surface area (Å²) in [5.74, 6) is 0.0817. The van der Waals surface area contributed by atoms with Gasteiger partial charge in [0.05, 0.1) is 6.10 Å². The lowest BCUT2D eigenvalue weighted by Gasteiger charge is -2.13. The summed E-state index contributed by atoms with van der Waals surface area (Å²) < 4.78 is 5.71. The molecule has 4 nitrogen and oxygen atoms in total. The number of carbonyl (C=O) groups is 1. The first kappa shape index (κ1) is 14.4. The molecule has 1 aromatic rings. The molecule has 1 unspecified atom stereocenters. The molecule has 0 saturated heterocycles. The van der Waals surface area contributed by atoms with Gasteiger partial charge >= 0.3 is 5.97 Å². The summed E-state index contributed by atoms with van der Waals surface area (Å²) in [6, 6.07) is 7.74. The highest BCUT2D eigenvalue weighted by Crippen LogP contribution is 2.19. The molecule has 0 heterocycles. The van der Waals surface area contributed by atoms with Crippen LogP contribution in [0.25, 0.3) is 0 Å². The Morgan fingerprint density at radius 1 is 1.50 bits per heavy atom. The number of aliphatic carboxylic acids is 1. The summed E-state index contributed by atoms with van der Waals surface area (Å²) in [4.78, 5) is 10.4. The van der Waals surface area contributed by atoms with Gasteiger partial charge in [0.2, 0.25) is 0 Å². The first-order valence-electron chi connectivity index (χ1n) is 6.34. The van der Waals surface area contributed by atoms with Gasteiger partial charge in [-0.1, -0.05) is 13.0 Å². The Morgan fingerprint density at radius 2 is 2.28 bits per heavy atom. The SMILES string of the molecule is CCC(C)Oc1cccc(NCCCC(=O)O)c1. The monoisotopic (exact) mass is 251 g/mol. The van der Waals surface area contributed by atoms with Crippen molar-refractivity contribution in [2.75, 3.05) is 11.9 Å². The fraction of sp³-hybridized carbons (Fsp3) is 0.500. The van der Waals surface area contributed by atoms with Crippen molar-refractivity contribution in [3.8, 4) is 5.75 Å². The Hall–Kier alpha value is -1.71. The van der Waals surface area contributed by atoms with Crippen molar-refractivity contribution < 1.29 is 14.6 Å². The van der Waals surface area contributed by atoms with E-state index in [0.717, 1.165) is 17.9 Å². The van der Waals surface area contributed by atoms with Crippen molar-refractivity contribution in [2.45, 2.75) is 39.2 Å². The maximum Gasteiger partial charge on any atom is 0.303 e. The summed E-state index contributed by atoms with van der Waals surface area (Å²) in [5.41, 5.74) is 0.959. The lowest BCUT2D eigenvalue weighted by atomic mass is 10.2. The first-order valence-corrected chi connectivity index (χ1v) is 6.34. The Bertz CT molecular complexity index is 379. The standard InChI is InChI=1S/C14H21NO3/c1-3-11(2)18-13-7-4-6-12(10-13)15-9-5-8-14(16)17/h4,6-7,10-11,15H,3,5,8-9H2,1-2H3,(H,16,17). The molecule has 0 aliphatic rings. The predicted octanol–water partition coefficient (Wildman–Crippen LogP) is 3.14. The molecule has 0 radical (unpaired) electrons. The van der Waals surface area contributed by atoms with Crippen LogP contribution in [0, 0.1) is 0 Å². The molecule has 0 aromatic heterocycles. The van der Waals surface area contributed by atoms with E-state index in [4.69, 9.17) is 9.84 Å². The number of carboxylic acid groups (broad SMARTS) is 1. The molecule has 0 aliphatic heterocycles. The zero-order chi connectivity index (χ0) is 13.4. The van der Waals surface area contributed by atoms with E-state index in [1.807, 2.05) is 31.2 Å². The molecule has 0 fully saturated rings. The Morgan fingerprint density at radius 3 is 2.94 bits per heavy atom. The van der Waals surface area contributed by atoms with Crippen LogP contribution in [0.2, 0.25) is 0 Å². The Kier molecular flexibility index (Phi) is 6.05. The molecule has 18 heavy (non-hydrogen) atoms. The van der Waals surface area contributed by atoms with E-state index in [1.54, 1.807) is 0 Å². The van der Waals surface area contributed by atoms with Crippen LogP contribution in [-0.2, 0) is 4.79 Å². The van der Waals surface area contributed by atoms with Crippen molar-refractivity contribution in [3.63, 3.8) is 0 Å². The second-order valence-corrected chi connectivity index (χ2v) is 4.29. The van der Waals surface area contributed by atoms with Crippen molar-refractivity contribution >= 4 is 11.7 Å². The molecular formula is C14H21NO3. The van der Waals surface area contributed by atoms with Crippen molar-refractivity contribution in [3.05, 3.63) is 24.3 Å². The van der Waals surface area contributed by atoms with Crippen LogP contribution in [-0.4, -0.2) is 23.7 Å². The molecule has 1 aromatic carbocycles. The number of ether oxygens (including phenoxy) is 1. The van der Waals surface area contributed by atoms with E-state index in [2.05, 4.69) is 12.2 Å². The van der Waals surface area contributed by atoms with Gasteiger partial charge < -0.3 is 15.2 Å². The number of nitrogens with one attached hydrogen (secondary N) is 1. The van der Waals surface area contributed by atoms with Gasteiger partial charge in [0.25, 0.3) is 0 Å². The molecule has 1 atom stereocenters. The molecule has 4 heteroatoms. The summed E-state index contributed by atoms with van der Waals surface area (Å²) in [6.45, 7) is 4.77. The van der Waals surface area contributed by atoms with E-state index in [9.17, 15) is 4.79 Å². The lowest BCUT2D eigenvalue weighted by Crippen LogP contribution is -2.10. The van der Waals surface area contributed by atoms with Crippen molar-refractivity contribution in [1.29, 1.82) is 0 Å². The third-order valence-electron chi connectivity index (χ3n) is 2.64. The normalized spacial score (nSPS) is 11.9. The predicted molar refractivity (Wildman–Crippen MR) is 72.2 cm³/mol. The molecule has 0 amide bonds. The maximum atomic E-state index is 10.4. The van der Waals surface area contributed by atoms with Gasteiger partial charge in [0.15, 0.2) is 0 Å². The molecule has 0 aliphatic carbocycles. The van der Waals surface area contributed by atoms with Crippen molar-refractivity contribution in [1.82, 2.24) is 0 Å². The van der Waals surface area contributed by atoms with Gasteiger partial charge in [-0.25, -0.2) is 0 Å². The van der Waals surface area contributed by atoms with Gasteiger partial charge in [-0.2, -0.15) is 0 Å². The molecule has 0 saturated carbocycles. The average Bonchev–Trinajstić information content (AvgIpc) is 2.35. The van der Waals surface area contributed by atoms with Crippen LogP contribution in [0.5, 0.6) is 5.75 Å². The third kappa shape index (κ3) is 5.57. The first-order chi connectivity index (χ1) is 8.61. The van der Waals surface area contributed by atoms with E-state index in [0.29, 0.717) is 13.0 Å². The highest BCUT2D eigenvalue weighted by molar-refractivity contribution is 5.66. The van der Waals surface area contributed by atoms with Crippen molar-refractivity contribution in [2.24, 2.45) is 0 Å². The fourth-order valence-corrected chi connectivity index (χ4v) is 1.47. The van der Waals surface area contributed by atoms with Crippen LogP contribution >= 0.6 is 0 Å². The fourth-order valence-electron chi connectivity index (χ4n) is 1.47. The molecule has 0 bridgehead atoms. The third-order valence-corrected chi connectivity index (χ3v) is 2.64. The molecule has 100 valence electrons. The lowest BCUT2D eigenvalue weighted by molar-refractivity contribution is -0.137. The minimum atomic E-state index is -0.759. The number of rotatable bonds is 8. The molecular weight excluding hydrogens is 230 g/mol. The van der Waals surface area contributed by atoms with Gasteiger partial charge in [-0.3, -0.25) is 4.79 Å². The summed E-state index contributed by atoms with van der Waals surface area (Å²) in [5, 5.41) is 11.7. The van der Waals surface area contributed by atoms with Crippen LogP contribution in [0.4, 0.5) is 5.69 Å². The largest absolute Gasteiger partial charge is 0.491 e. The van der Waals surface area contributed by atoms with Gasteiger partial charge in [-0.05, 0) is 31.9 Å². The molecule has 0 spiro atoms. The van der Waals surface area contributed by atoms with E-state index in [-0.39, 0.29) is 12.5 Å². The smallest absolute Gasteiger partial charge is 0.303 e.